The maximum absolute atomic E-state index is 12.9. The summed E-state index contributed by atoms with van der Waals surface area (Å²) in [7, 11) is 0. The molecule has 0 radical (unpaired) electrons. The average molecular weight is 207 g/mol. The van der Waals surface area contributed by atoms with Crippen molar-refractivity contribution in [3.63, 3.8) is 0 Å². The highest BCUT2D eigenvalue weighted by atomic mass is 35.5. The lowest BCUT2D eigenvalue weighted by atomic mass is 10.1. The normalized spacial score (nSPS) is 10.2. The summed E-state index contributed by atoms with van der Waals surface area (Å²) in [5.41, 5.74) is -0.472. The van der Waals surface area contributed by atoms with E-state index < -0.39 is 28.7 Å². The van der Waals surface area contributed by atoms with E-state index in [0.29, 0.717) is 0 Å². The molecule has 0 aromatic heterocycles. The number of benzene rings is 1. The summed E-state index contributed by atoms with van der Waals surface area (Å²) in [5.74, 6) is -4.52. The van der Waals surface area contributed by atoms with Gasteiger partial charge in [-0.1, -0.05) is 11.6 Å². The van der Waals surface area contributed by atoms with Crippen molar-refractivity contribution in [3.05, 3.63) is 28.3 Å². The first-order valence-corrected chi connectivity index (χ1v) is 3.70. The molecule has 1 N–H and O–H groups in total. The number of rotatable bonds is 1. The van der Waals surface area contributed by atoms with Gasteiger partial charge in [0.2, 0.25) is 5.82 Å². The third-order valence-corrected chi connectivity index (χ3v) is 1.80. The van der Waals surface area contributed by atoms with Crippen molar-refractivity contribution in [3.8, 4) is 5.75 Å². The number of Topliss-reactive ketones (excluding diaryl/α,β-unsaturated/α-hetero) is 1. The molecule has 0 aliphatic carbocycles. The van der Waals surface area contributed by atoms with Gasteiger partial charge in [-0.15, -0.1) is 0 Å². The van der Waals surface area contributed by atoms with Gasteiger partial charge in [0.1, 0.15) is 0 Å². The fraction of sp³-hybridized carbons (Fsp3) is 0.125. The Hall–Kier alpha value is -1.16. The molecule has 70 valence electrons. The lowest BCUT2D eigenvalue weighted by molar-refractivity contribution is 0.101. The van der Waals surface area contributed by atoms with E-state index >= 15 is 0 Å². The molecule has 5 heteroatoms. The molecule has 0 spiro atoms. The molecule has 0 unspecified atom stereocenters. The molecule has 13 heavy (non-hydrogen) atoms. The van der Waals surface area contributed by atoms with Gasteiger partial charge in [-0.25, -0.2) is 4.39 Å². The van der Waals surface area contributed by atoms with Crippen LogP contribution in [0.4, 0.5) is 8.78 Å². The van der Waals surface area contributed by atoms with Gasteiger partial charge >= 0.3 is 0 Å². The van der Waals surface area contributed by atoms with E-state index in [0.717, 1.165) is 13.0 Å². The van der Waals surface area contributed by atoms with Crippen LogP contribution in [-0.2, 0) is 0 Å². The summed E-state index contributed by atoms with van der Waals surface area (Å²) in [6, 6.07) is 0.887. The number of aromatic hydroxyl groups is 1. The summed E-state index contributed by atoms with van der Waals surface area (Å²) in [4.78, 5) is 10.7. The van der Waals surface area contributed by atoms with E-state index in [-0.39, 0.29) is 5.02 Å². The van der Waals surface area contributed by atoms with Gasteiger partial charge in [-0.3, -0.25) is 4.79 Å². The van der Waals surface area contributed by atoms with E-state index in [1.807, 2.05) is 0 Å². The predicted molar refractivity (Wildman–Crippen MR) is 43.0 cm³/mol. The van der Waals surface area contributed by atoms with Gasteiger partial charge in [0.15, 0.2) is 17.3 Å². The number of hydrogen-bond donors (Lipinski definition) is 1. The summed E-state index contributed by atoms with van der Waals surface area (Å²) < 4.78 is 25.6. The Labute approximate surface area is 77.8 Å². The number of carbonyl (C=O) groups excluding carboxylic acids is 1. The molecule has 0 saturated heterocycles. The zero-order valence-electron chi connectivity index (χ0n) is 6.57. The molecular weight excluding hydrogens is 202 g/mol. The van der Waals surface area contributed by atoms with Crippen molar-refractivity contribution < 1.29 is 18.7 Å². The van der Waals surface area contributed by atoms with Crippen molar-refractivity contribution >= 4 is 17.4 Å². The van der Waals surface area contributed by atoms with Crippen LogP contribution in [-0.4, -0.2) is 10.9 Å². The van der Waals surface area contributed by atoms with Crippen molar-refractivity contribution in [2.24, 2.45) is 0 Å². The molecule has 0 aliphatic heterocycles. The molecule has 2 nitrogen and oxygen atoms in total. The standard InChI is InChI=1S/C8H5ClF2O2/c1-3(12)4-2-5(9)8(13)7(11)6(4)10/h2,13H,1H3. The molecule has 1 aromatic carbocycles. The molecule has 0 heterocycles. The van der Waals surface area contributed by atoms with Crippen LogP contribution in [0.2, 0.25) is 5.02 Å². The first-order valence-electron chi connectivity index (χ1n) is 3.32. The van der Waals surface area contributed by atoms with E-state index in [9.17, 15) is 13.6 Å². The molecule has 1 aromatic rings. The summed E-state index contributed by atoms with van der Waals surface area (Å²) in [5, 5.41) is 8.45. The highest BCUT2D eigenvalue weighted by Crippen LogP contribution is 2.30. The maximum atomic E-state index is 12.9. The van der Waals surface area contributed by atoms with Crippen LogP contribution in [0.3, 0.4) is 0 Å². The van der Waals surface area contributed by atoms with Gasteiger partial charge in [0, 0.05) is 0 Å². The molecular formula is C8H5ClF2O2. The van der Waals surface area contributed by atoms with Crippen LogP contribution >= 0.6 is 11.6 Å². The Morgan fingerprint density at radius 2 is 2.00 bits per heavy atom. The Morgan fingerprint density at radius 1 is 1.46 bits per heavy atom. The third-order valence-electron chi connectivity index (χ3n) is 1.51. The molecule has 0 aliphatic rings. The van der Waals surface area contributed by atoms with Crippen LogP contribution in [0.1, 0.15) is 17.3 Å². The van der Waals surface area contributed by atoms with Crippen molar-refractivity contribution in [1.82, 2.24) is 0 Å². The predicted octanol–water partition coefficient (Wildman–Crippen LogP) is 2.53. The molecule has 1 rings (SSSR count). The number of hydrogen-bond acceptors (Lipinski definition) is 2. The fourth-order valence-corrected chi connectivity index (χ4v) is 1.03. The highest BCUT2D eigenvalue weighted by Gasteiger charge is 2.18. The Kier molecular flexibility index (Phi) is 2.52. The van der Waals surface area contributed by atoms with Crippen LogP contribution < -0.4 is 0 Å². The van der Waals surface area contributed by atoms with E-state index in [4.69, 9.17) is 16.7 Å². The fourth-order valence-electron chi connectivity index (χ4n) is 0.842. The maximum Gasteiger partial charge on any atom is 0.202 e. The molecule has 0 atom stereocenters. The zero-order chi connectivity index (χ0) is 10.2. The smallest absolute Gasteiger partial charge is 0.202 e. The number of phenols is 1. The second-order valence-corrected chi connectivity index (χ2v) is 2.85. The molecule has 0 saturated carbocycles. The van der Waals surface area contributed by atoms with E-state index in [1.165, 1.54) is 0 Å². The minimum absolute atomic E-state index is 0.385. The number of phenolic OH excluding ortho intramolecular Hbond substituents is 1. The van der Waals surface area contributed by atoms with Crippen molar-refractivity contribution in [2.75, 3.05) is 0 Å². The second kappa shape index (κ2) is 3.30. The van der Waals surface area contributed by atoms with Crippen LogP contribution in [0.5, 0.6) is 5.75 Å². The van der Waals surface area contributed by atoms with Crippen molar-refractivity contribution in [2.45, 2.75) is 6.92 Å². The average Bonchev–Trinajstić information content (AvgIpc) is 2.07. The quantitative estimate of drug-likeness (QED) is 0.566. The Morgan fingerprint density at radius 3 is 2.46 bits per heavy atom. The van der Waals surface area contributed by atoms with Gasteiger partial charge in [-0.2, -0.15) is 4.39 Å². The largest absolute Gasteiger partial charge is 0.504 e. The Bertz CT molecular complexity index is 377. The lowest BCUT2D eigenvalue weighted by Gasteiger charge is -2.03. The summed E-state index contributed by atoms with van der Waals surface area (Å²) in [6.07, 6.45) is 0. The molecule has 0 amide bonds. The number of carbonyl (C=O) groups is 1. The summed E-state index contributed by atoms with van der Waals surface area (Å²) in [6.45, 7) is 1.07. The van der Waals surface area contributed by atoms with Gasteiger partial charge < -0.3 is 5.11 Å². The number of halogens is 3. The van der Waals surface area contributed by atoms with E-state index in [1.54, 1.807) is 0 Å². The zero-order valence-corrected chi connectivity index (χ0v) is 7.32. The SMILES string of the molecule is CC(=O)c1cc(Cl)c(O)c(F)c1F. The summed E-state index contributed by atoms with van der Waals surface area (Å²) >= 11 is 5.33. The second-order valence-electron chi connectivity index (χ2n) is 2.44. The van der Waals surface area contributed by atoms with Crippen molar-refractivity contribution in [1.29, 1.82) is 0 Å². The Balaban J connectivity index is 3.50. The minimum atomic E-state index is -1.50. The number of ketones is 1. The van der Waals surface area contributed by atoms with Crippen LogP contribution in [0.15, 0.2) is 6.07 Å². The monoisotopic (exact) mass is 206 g/mol. The first-order chi connectivity index (χ1) is 5.95. The highest BCUT2D eigenvalue weighted by molar-refractivity contribution is 6.32. The molecule has 0 bridgehead atoms. The third kappa shape index (κ3) is 1.62. The van der Waals surface area contributed by atoms with Crippen LogP contribution in [0.25, 0.3) is 0 Å². The van der Waals surface area contributed by atoms with Gasteiger partial charge in [0.05, 0.1) is 10.6 Å². The first kappa shape index (κ1) is 9.92. The lowest BCUT2D eigenvalue weighted by Crippen LogP contribution is -2.00. The van der Waals surface area contributed by atoms with Crippen LogP contribution in [0, 0.1) is 11.6 Å². The van der Waals surface area contributed by atoms with Gasteiger partial charge in [0.25, 0.3) is 0 Å². The van der Waals surface area contributed by atoms with E-state index in [2.05, 4.69) is 0 Å². The molecule has 0 fully saturated rings. The van der Waals surface area contributed by atoms with Gasteiger partial charge in [-0.05, 0) is 13.0 Å². The topological polar surface area (TPSA) is 37.3 Å². The minimum Gasteiger partial charge on any atom is -0.504 e.